The molecule has 94 valence electrons. The van der Waals surface area contributed by atoms with E-state index in [-0.39, 0.29) is 12.6 Å². The van der Waals surface area contributed by atoms with Gasteiger partial charge in [-0.15, -0.1) is 0 Å². The van der Waals surface area contributed by atoms with E-state index in [9.17, 15) is 9.59 Å². The van der Waals surface area contributed by atoms with Crippen LogP contribution in [0.1, 0.15) is 40.0 Å². The molecule has 0 aliphatic rings. The minimum Gasteiger partial charge on any atom is -0.480 e. The van der Waals surface area contributed by atoms with Gasteiger partial charge >= 0.3 is 12.0 Å². The Morgan fingerprint density at radius 3 is 2.31 bits per heavy atom. The Labute approximate surface area is 96.6 Å². The Morgan fingerprint density at radius 2 is 1.81 bits per heavy atom. The molecule has 0 saturated heterocycles. The molecule has 1 atom stereocenters. The Hall–Kier alpha value is -1.26. The summed E-state index contributed by atoms with van der Waals surface area (Å²) in [6, 6.07) is -0.341. The van der Waals surface area contributed by atoms with E-state index in [1.54, 1.807) is 0 Å². The van der Waals surface area contributed by atoms with E-state index >= 15 is 0 Å². The second-order valence-electron chi connectivity index (χ2n) is 4.45. The molecule has 0 bridgehead atoms. The summed E-state index contributed by atoms with van der Waals surface area (Å²) in [4.78, 5) is 21.4. The van der Waals surface area contributed by atoms with Gasteiger partial charge in [0.15, 0.2) is 0 Å². The van der Waals surface area contributed by atoms with Crippen molar-refractivity contribution in [3.63, 3.8) is 0 Å². The lowest BCUT2D eigenvalue weighted by Gasteiger charge is -2.14. The first-order chi connectivity index (χ1) is 7.41. The fourth-order valence-electron chi connectivity index (χ4n) is 1.34. The van der Waals surface area contributed by atoms with Crippen LogP contribution in [-0.2, 0) is 4.79 Å². The maximum atomic E-state index is 11.2. The molecule has 0 aliphatic heterocycles. The van der Waals surface area contributed by atoms with E-state index in [0.717, 1.165) is 19.3 Å². The molecule has 3 N–H and O–H groups in total. The van der Waals surface area contributed by atoms with Crippen LogP contribution < -0.4 is 10.6 Å². The van der Waals surface area contributed by atoms with Crippen molar-refractivity contribution in [1.82, 2.24) is 10.6 Å². The molecular weight excluding hydrogens is 208 g/mol. The molecule has 0 aromatic rings. The maximum absolute atomic E-state index is 11.2. The first-order valence-electron chi connectivity index (χ1n) is 5.68. The summed E-state index contributed by atoms with van der Waals surface area (Å²) in [5.41, 5.74) is 0. The number of carbonyl (C=O) groups is 2. The van der Waals surface area contributed by atoms with Gasteiger partial charge in [-0.05, 0) is 19.3 Å². The van der Waals surface area contributed by atoms with Gasteiger partial charge in [0.25, 0.3) is 0 Å². The van der Waals surface area contributed by atoms with Crippen LogP contribution in [0.2, 0.25) is 0 Å². The van der Waals surface area contributed by atoms with Gasteiger partial charge in [-0.3, -0.25) is 4.79 Å². The Kier molecular flexibility index (Phi) is 7.33. The molecule has 0 heterocycles. The van der Waals surface area contributed by atoms with Crippen LogP contribution in [0.5, 0.6) is 0 Å². The number of rotatable bonds is 7. The van der Waals surface area contributed by atoms with Crippen molar-refractivity contribution in [2.45, 2.75) is 46.1 Å². The number of hydrogen-bond donors (Lipinski definition) is 3. The van der Waals surface area contributed by atoms with Crippen molar-refractivity contribution in [2.24, 2.45) is 5.92 Å². The molecule has 0 aromatic heterocycles. The Morgan fingerprint density at radius 1 is 1.19 bits per heavy atom. The van der Waals surface area contributed by atoms with Crippen molar-refractivity contribution in [1.29, 1.82) is 0 Å². The lowest BCUT2D eigenvalue weighted by Crippen LogP contribution is -2.42. The summed E-state index contributed by atoms with van der Waals surface area (Å²) in [5.74, 6) is -0.365. The molecule has 0 aromatic carbocycles. The predicted octanol–water partition coefficient (Wildman–Crippen LogP) is 1.58. The Balaban J connectivity index is 3.57. The number of nitrogens with one attached hydrogen (secondary N) is 2. The zero-order valence-electron chi connectivity index (χ0n) is 10.2. The SMILES string of the molecule is CC(C)CCCC(C)NC(=O)NCC(=O)O. The number of carboxylic acid groups (broad SMARTS) is 1. The van der Waals surface area contributed by atoms with Crippen molar-refractivity contribution in [3.8, 4) is 0 Å². The van der Waals surface area contributed by atoms with E-state index in [2.05, 4.69) is 24.5 Å². The van der Waals surface area contributed by atoms with Gasteiger partial charge in [0.1, 0.15) is 6.54 Å². The predicted molar refractivity (Wildman–Crippen MR) is 62.3 cm³/mol. The molecule has 5 nitrogen and oxygen atoms in total. The molecular formula is C11H22N2O3. The third-order valence-electron chi connectivity index (χ3n) is 2.20. The fraction of sp³-hybridized carbons (Fsp3) is 0.818. The maximum Gasteiger partial charge on any atom is 0.323 e. The summed E-state index contributed by atoms with van der Waals surface area (Å²) < 4.78 is 0. The van der Waals surface area contributed by atoms with Gasteiger partial charge < -0.3 is 15.7 Å². The second-order valence-corrected chi connectivity index (χ2v) is 4.45. The quantitative estimate of drug-likeness (QED) is 0.621. The number of hydrogen-bond acceptors (Lipinski definition) is 2. The van der Waals surface area contributed by atoms with Crippen molar-refractivity contribution in [2.75, 3.05) is 6.54 Å². The minimum absolute atomic E-state index is 0.0764. The van der Waals surface area contributed by atoms with E-state index in [0.29, 0.717) is 5.92 Å². The smallest absolute Gasteiger partial charge is 0.323 e. The summed E-state index contributed by atoms with van der Waals surface area (Å²) in [6.45, 7) is 5.90. The third-order valence-corrected chi connectivity index (χ3v) is 2.20. The number of carbonyl (C=O) groups excluding carboxylic acids is 1. The van der Waals surface area contributed by atoms with E-state index < -0.39 is 12.0 Å². The molecule has 16 heavy (non-hydrogen) atoms. The van der Waals surface area contributed by atoms with Crippen LogP contribution >= 0.6 is 0 Å². The third kappa shape index (κ3) is 9.30. The fourth-order valence-corrected chi connectivity index (χ4v) is 1.34. The Bertz CT molecular complexity index is 229. The topological polar surface area (TPSA) is 78.4 Å². The lowest BCUT2D eigenvalue weighted by atomic mass is 10.0. The van der Waals surface area contributed by atoms with E-state index in [1.807, 2.05) is 6.92 Å². The van der Waals surface area contributed by atoms with Gasteiger partial charge in [0.2, 0.25) is 0 Å². The highest BCUT2D eigenvalue weighted by atomic mass is 16.4. The van der Waals surface area contributed by atoms with Crippen LogP contribution in [-0.4, -0.2) is 29.7 Å². The summed E-state index contributed by atoms with van der Waals surface area (Å²) in [6.07, 6.45) is 3.12. The number of carboxylic acids is 1. The first kappa shape index (κ1) is 14.7. The normalized spacial score (nSPS) is 12.2. The molecule has 0 spiro atoms. The number of amides is 2. The molecule has 0 saturated carbocycles. The van der Waals surface area contributed by atoms with Crippen molar-refractivity contribution < 1.29 is 14.7 Å². The van der Waals surface area contributed by atoms with E-state index in [1.165, 1.54) is 0 Å². The molecule has 0 fully saturated rings. The highest BCUT2D eigenvalue weighted by Crippen LogP contribution is 2.07. The van der Waals surface area contributed by atoms with Crippen LogP contribution in [0.25, 0.3) is 0 Å². The largest absolute Gasteiger partial charge is 0.480 e. The monoisotopic (exact) mass is 230 g/mol. The molecule has 0 rings (SSSR count). The van der Waals surface area contributed by atoms with Gasteiger partial charge in [-0.1, -0.05) is 26.7 Å². The minimum atomic E-state index is -1.04. The lowest BCUT2D eigenvalue weighted by molar-refractivity contribution is -0.135. The highest BCUT2D eigenvalue weighted by Gasteiger charge is 2.07. The van der Waals surface area contributed by atoms with Crippen molar-refractivity contribution in [3.05, 3.63) is 0 Å². The summed E-state index contributed by atoms with van der Waals surface area (Å²) >= 11 is 0. The van der Waals surface area contributed by atoms with Gasteiger partial charge in [-0.2, -0.15) is 0 Å². The molecule has 2 amide bonds. The molecule has 1 unspecified atom stereocenters. The van der Waals surface area contributed by atoms with Crippen LogP contribution in [0.15, 0.2) is 0 Å². The molecule has 0 radical (unpaired) electrons. The molecule has 0 aliphatic carbocycles. The average molecular weight is 230 g/mol. The van der Waals surface area contributed by atoms with Crippen LogP contribution in [0, 0.1) is 5.92 Å². The highest BCUT2D eigenvalue weighted by molar-refractivity contribution is 5.79. The summed E-state index contributed by atoms with van der Waals surface area (Å²) in [5, 5.41) is 13.3. The second kappa shape index (κ2) is 7.96. The average Bonchev–Trinajstić information content (AvgIpc) is 2.14. The van der Waals surface area contributed by atoms with Gasteiger partial charge in [0, 0.05) is 6.04 Å². The van der Waals surface area contributed by atoms with Crippen LogP contribution in [0.3, 0.4) is 0 Å². The number of urea groups is 1. The standard InChI is InChI=1S/C11H22N2O3/c1-8(2)5-4-6-9(3)13-11(16)12-7-10(14)15/h8-9H,4-7H2,1-3H3,(H,14,15)(H2,12,13,16). The summed E-state index contributed by atoms with van der Waals surface area (Å²) in [7, 11) is 0. The van der Waals surface area contributed by atoms with Crippen LogP contribution in [0.4, 0.5) is 4.79 Å². The zero-order valence-corrected chi connectivity index (χ0v) is 10.2. The van der Waals surface area contributed by atoms with Crippen molar-refractivity contribution >= 4 is 12.0 Å². The zero-order chi connectivity index (χ0) is 12.6. The molecule has 5 heteroatoms. The van der Waals surface area contributed by atoms with E-state index in [4.69, 9.17) is 5.11 Å². The van der Waals surface area contributed by atoms with Gasteiger partial charge in [0.05, 0.1) is 0 Å². The first-order valence-corrected chi connectivity index (χ1v) is 5.68. The number of aliphatic carboxylic acids is 1. The van der Waals surface area contributed by atoms with Gasteiger partial charge in [-0.25, -0.2) is 4.79 Å².